The van der Waals surface area contributed by atoms with Crippen molar-refractivity contribution in [3.8, 4) is 5.69 Å². The average Bonchev–Trinajstić information content (AvgIpc) is 3.00. The molecule has 1 amide bonds. The number of anilines is 2. The Morgan fingerprint density at radius 3 is 2.49 bits per heavy atom. The minimum Gasteiger partial charge on any atom is -0.396 e. The van der Waals surface area contributed by atoms with Gasteiger partial charge in [-0.25, -0.2) is 14.3 Å². The maximum atomic E-state index is 14.1. The highest BCUT2D eigenvalue weighted by Gasteiger charge is 2.31. The number of aliphatic hydroxyl groups is 1. The van der Waals surface area contributed by atoms with Crippen molar-refractivity contribution >= 4 is 40.2 Å². The Kier molecular flexibility index (Phi) is 8.66. The van der Waals surface area contributed by atoms with Gasteiger partial charge in [0, 0.05) is 45.4 Å². The van der Waals surface area contributed by atoms with Gasteiger partial charge in [0.1, 0.15) is 11.6 Å². The molecule has 0 saturated carbocycles. The summed E-state index contributed by atoms with van der Waals surface area (Å²) in [4.78, 5) is 42.1. The van der Waals surface area contributed by atoms with Gasteiger partial charge in [0.2, 0.25) is 5.91 Å². The summed E-state index contributed by atoms with van der Waals surface area (Å²) in [7, 11) is 0. The number of piperidine rings is 1. The summed E-state index contributed by atoms with van der Waals surface area (Å²) in [6, 6.07) is 7.92. The quantitative estimate of drug-likeness (QED) is 0.424. The standard InChI is InChI=1S/C31H39ClN6O3/c1-5-22-11-8-12-23(6-2)27(22)38-29-24(16-25(32)30(33-29)36-13-9-10-21(18-36)19-39)28(34-31(38)41)37-15-14-35(17-20(37)4)26(40)7-3/h7-8,11-12,16,20-21,39H,3,5-6,9-10,13-15,17-19H2,1-2,4H3/t20-,21?/m0/s1. The van der Waals surface area contributed by atoms with Gasteiger partial charge in [-0.15, -0.1) is 0 Å². The van der Waals surface area contributed by atoms with E-state index in [4.69, 9.17) is 16.6 Å². The molecule has 1 N–H and O–H groups in total. The lowest BCUT2D eigenvalue weighted by atomic mass is 9.99. The molecule has 1 unspecified atom stereocenters. The number of carbonyl (C=O) groups is 1. The van der Waals surface area contributed by atoms with Crippen molar-refractivity contribution in [2.45, 2.75) is 52.5 Å². The second-order valence-electron chi connectivity index (χ2n) is 11.0. The molecule has 0 bridgehead atoms. The molecule has 2 saturated heterocycles. The summed E-state index contributed by atoms with van der Waals surface area (Å²) in [6.07, 6.45) is 4.72. The second kappa shape index (κ2) is 12.2. The van der Waals surface area contributed by atoms with Crippen molar-refractivity contribution in [3.63, 3.8) is 0 Å². The van der Waals surface area contributed by atoms with Crippen LogP contribution in [0.5, 0.6) is 0 Å². The van der Waals surface area contributed by atoms with Crippen molar-refractivity contribution in [2.24, 2.45) is 5.92 Å². The number of aryl methyl sites for hydroxylation is 2. The Balaban J connectivity index is 1.74. The molecule has 2 atom stereocenters. The first-order chi connectivity index (χ1) is 19.8. The smallest absolute Gasteiger partial charge is 0.355 e. The molecule has 4 heterocycles. The fraction of sp³-hybridized carbons (Fsp3) is 0.484. The van der Waals surface area contributed by atoms with E-state index in [9.17, 15) is 14.7 Å². The van der Waals surface area contributed by atoms with Gasteiger partial charge >= 0.3 is 5.69 Å². The summed E-state index contributed by atoms with van der Waals surface area (Å²) >= 11 is 6.95. The monoisotopic (exact) mass is 578 g/mol. The second-order valence-corrected chi connectivity index (χ2v) is 11.4. The fourth-order valence-electron chi connectivity index (χ4n) is 6.25. The van der Waals surface area contributed by atoms with E-state index in [1.807, 2.05) is 31.2 Å². The lowest BCUT2D eigenvalue weighted by Crippen LogP contribution is -2.54. The summed E-state index contributed by atoms with van der Waals surface area (Å²) in [5, 5.41) is 11.0. The number of halogens is 1. The predicted molar refractivity (Wildman–Crippen MR) is 165 cm³/mol. The van der Waals surface area contributed by atoms with Crippen LogP contribution >= 0.6 is 11.6 Å². The van der Waals surface area contributed by atoms with Crippen LogP contribution in [0.2, 0.25) is 5.02 Å². The molecule has 218 valence electrons. The van der Waals surface area contributed by atoms with E-state index in [0.29, 0.717) is 53.9 Å². The molecule has 9 nitrogen and oxygen atoms in total. The van der Waals surface area contributed by atoms with Crippen LogP contribution in [-0.2, 0) is 17.6 Å². The van der Waals surface area contributed by atoms with Crippen molar-refractivity contribution < 1.29 is 9.90 Å². The molecule has 2 aliphatic heterocycles. The Hall–Kier alpha value is -3.43. The van der Waals surface area contributed by atoms with Gasteiger partial charge in [0.05, 0.1) is 16.1 Å². The Morgan fingerprint density at radius 2 is 1.85 bits per heavy atom. The Labute approximate surface area is 246 Å². The third-order valence-electron chi connectivity index (χ3n) is 8.43. The number of hydrogen-bond acceptors (Lipinski definition) is 7. The molecule has 41 heavy (non-hydrogen) atoms. The number of benzene rings is 1. The zero-order valence-corrected chi connectivity index (χ0v) is 24.9. The molecule has 3 aromatic rings. The number of nitrogens with zero attached hydrogens (tertiary/aromatic N) is 6. The maximum Gasteiger partial charge on any atom is 0.355 e. The average molecular weight is 579 g/mol. The van der Waals surface area contributed by atoms with Gasteiger partial charge in [0.15, 0.2) is 5.65 Å². The number of rotatable bonds is 7. The SMILES string of the molecule is C=CC(=O)N1CCN(c2nc(=O)n(-c3c(CC)cccc3CC)c3nc(N4CCCC(CO)C4)c(Cl)cc23)[C@@H](C)C1. The minimum absolute atomic E-state index is 0.0846. The van der Waals surface area contributed by atoms with Gasteiger partial charge in [-0.2, -0.15) is 4.98 Å². The molecule has 10 heteroatoms. The van der Waals surface area contributed by atoms with E-state index in [0.717, 1.165) is 49.0 Å². The summed E-state index contributed by atoms with van der Waals surface area (Å²) in [6.45, 7) is 12.9. The van der Waals surface area contributed by atoms with E-state index in [1.165, 1.54) is 6.08 Å². The first-order valence-electron chi connectivity index (χ1n) is 14.6. The fourth-order valence-corrected chi connectivity index (χ4v) is 6.52. The number of hydrogen-bond donors (Lipinski definition) is 1. The van der Waals surface area contributed by atoms with E-state index < -0.39 is 5.69 Å². The van der Waals surface area contributed by atoms with Crippen LogP contribution in [-0.4, -0.2) is 75.8 Å². The highest BCUT2D eigenvalue weighted by Crippen LogP contribution is 2.36. The third-order valence-corrected chi connectivity index (χ3v) is 8.71. The molecule has 1 aromatic carbocycles. The van der Waals surface area contributed by atoms with Crippen molar-refractivity contribution in [3.05, 3.63) is 63.6 Å². The molecule has 2 aliphatic rings. The zero-order chi connectivity index (χ0) is 29.3. The highest BCUT2D eigenvalue weighted by atomic mass is 35.5. The lowest BCUT2D eigenvalue weighted by Gasteiger charge is -2.40. The number of amides is 1. The van der Waals surface area contributed by atoms with Crippen LogP contribution in [0.25, 0.3) is 16.7 Å². The van der Waals surface area contributed by atoms with E-state index >= 15 is 0 Å². The van der Waals surface area contributed by atoms with Gasteiger partial charge < -0.3 is 19.8 Å². The number of fused-ring (bicyclic) bond motifs is 1. The lowest BCUT2D eigenvalue weighted by molar-refractivity contribution is -0.126. The molecular formula is C31H39ClN6O3. The van der Waals surface area contributed by atoms with Crippen LogP contribution in [0.4, 0.5) is 11.6 Å². The number of aliphatic hydroxyl groups excluding tert-OH is 1. The van der Waals surface area contributed by atoms with E-state index in [1.54, 1.807) is 9.47 Å². The van der Waals surface area contributed by atoms with Crippen LogP contribution in [0.15, 0.2) is 41.7 Å². The summed E-state index contributed by atoms with van der Waals surface area (Å²) < 4.78 is 1.66. The number of aromatic nitrogens is 3. The van der Waals surface area contributed by atoms with Crippen LogP contribution < -0.4 is 15.5 Å². The van der Waals surface area contributed by atoms with Crippen molar-refractivity contribution in [2.75, 3.05) is 49.1 Å². The first kappa shape index (κ1) is 29.1. The zero-order valence-electron chi connectivity index (χ0n) is 24.1. The molecule has 0 spiro atoms. The molecule has 0 radical (unpaired) electrons. The summed E-state index contributed by atoms with van der Waals surface area (Å²) in [5.41, 5.74) is 3.03. The minimum atomic E-state index is -0.396. The number of para-hydroxylation sites is 1. The largest absolute Gasteiger partial charge is 0.396 e. The summed E-state index contributed by atoms with van der Waals surface area (Å²) in [5.74, 6) is 1.18. The molecule has 0 aliphatic carbocycles. The highest BCUT2D eigenvalue weighted by molar-refractivity contribution is 6.33. The third kappa shape index (κ3) is 5.45. The van der Waals surface area contributed by atoms with Crippen molar-refractivity contribution in [1.29, 1.82) is 0 Å². The van der Waals surface area contributed by atoms with Gasteiger partial charge in [0.25, 0.3) is 0 Å². The van der Waals surface area contributed by atoms with Crippen molar-refractivity contribution in [1.82, 2.24) is 19.4 Å². The van der Waals surface area contributed by atoms with Gasteiger partial charge in [-0.3, -0.25) is 4.79 Å². The molecule has 2 aromatic heterocycles. The van der Waals surface area contributed by atoms with E-state index in [-0.39, 0.29) is 24.5 Å². The van der Waals surface area contributed by atoms with Crippen LogP contribution in [0.3, 0.4) is 0 Å². The molecule has 5 rings (SSSR count). The van der Waals surface area contributed by atoms with Gasteiger partial charge in [-0.05, 0) is 61.8 Å². The maximum absolute atomic E-state index is 14.1. The Morgan fingerprint density at radius 1 is 1.12 bits per heavy atom. The molecular weight excluding hydrogens is 540 g/mol. The Bertz CT molecular complexity index is 1500. The predicted octanol–water partition coefficient (Wildman–Crippen LogP) is 3.99. The normalized spacial score (nSPS) is 19.6. The van der Waals surface area contributed by atoms with Crippen LogP contribution in [0.1, 0.15) is 44.7 Å². The number of carbonyl (C=O) groups excluding carboxylic acids is 1. The topological polar surface area (TPSA) is 94.8 Å². The van der Waals surface area contributed by atoms with E-state index in [2.05, 4.69) is 35.2 Å². The molecule has 2 fully saturated rings. The number of pyridine rings is 1. The van der Waals surface area contributed by atoms with Gasteiger partial charge in [-0.1, -0.05) is 50.2 Å². The first-order valence-corrected chi connectivity index (χ1v) is 15.0. The van der Waals surface area contributed by atoms with Crippen LogP contribution in [0, 0.1) is 5.92 Å². The number of piperazine rings is 1.